The molecule has 0 aromatic heterocycles. The zero-order chi connectivity index (χ0) is 17.2. The van der Waals surface area contributed by atoms with Crippen LogP contribution in [-0.2, 0) is 9.53 Å². The summed E-state index contributed by atoms with van der Waals surface area (Å²) in [6.07, 6.45) is 0. The van der Waals surface area contributed by atoms with Crippen LogP contribution in [0.1, 0.15) is 39.3 Å². The Morgan fingerprint density at radius 2 is 2.09 bits per heavy atom. The first-order valence-corrected chi connectivity index (χ1v) is 7.48. The molecule has 23 heavy (non-hydrogen) atoms. The van der Waals surface area contributed by atoms with Crippen LogP contribution in [0.3, 0.4) is 0 Å². The van der Waals surface area contributed by atoms with Gasteiger partial charge in [0.15, 0.2) is 0 Å². The number of nitrogens with zero attached hydrogens (tertiary/aromatic N) is 1. The Morgan fingerprint density at radius 1 is 1.39 bits per heavy atom. The highest BCUT2D eigenvalue weighted by Gasteiger charge is 2.38. The van der Waals surface area contributed by atoms with Crippen LogP contribution in [0, 0.1) is 11.3 Å². The van der Waals surface area contributed by atoms with Crippen LogP contribution in [0.5, 0.6) is 5.75 Å². The highest BCUT2D eigenvalue weighted by atomic mass is 16.5. The number of benzene rings is 1. The summed E-state index contributed by atoms with van der Waals surface area (Å²) in [5.74, 6) is -1.08. The number of carbonyl (C=O) groups excluding carboxylic acids is 2. The molecule has 2 unspecified atom stereocenters. The van der Waals surface area contributed by atoms with E-state index in [-0.39, 0.29) is 17.8 Å². The summed E-state index contributed by atoms with van der Waals surface area (Å²) in [4.78, 5) is 28.1. The minimum atomic E-state index is -0.711. The normalized spacial score (nSPS) is 21.4. The number of hydrogen-bond acceptors (Lipinski definition) is 4. The number of aromatic hydroxyl groups is 1. The fourth-order valence-electron chi connectivity index (χ4n) is 2.40. The molecule has 2 N–H and O–H groups in total. The number of carbonyl (C=O) groups is 2. The van der Waals surface area contributed by atoms with Gasteiger partial charge in [0.05, 0.1) is 12.6 Å². The third-order valence-corrected chi connectivity index (χ3v) is 3.47. The SMILES string of the molecule is CC1=NC(=O)NC(c2cccc(O)c2)C1C(=O)OCC(C)(C)C. The summed E-state index contributed by atoms with van der Waals surface area (Å²) in [6.45, 7) is 7.82. The molecule has 0 spiro atoms. The maximum absolute atomic E-state index is 12.5. The molecule has 2 amide bonds. The number of phenolic OH excluding ortho intramolecular Hbond substituents is 1. The molecular formula is C17H22N2O4. The molecule has 1 aliphatic heterocycles. The average Bonchev–Trinajstić information content (AvgIpc) is 2.43. The Bertz CT molecular complexity index is 646. The van der Waals surface area contributed by atoms with Crippen molar-refractivity contribution in [3.8, 4) is 5.75 Å². The van der Waals surface area contributed by atoms with Crippen LogP contribution in [0.15, 0.2) is 29.3 Å². The molecule has 0 bridgehead atoms. The number of phenols is 1. The first kappa shape index (κ1) is 17.0. The molecule has 0 aliphatic carbocycles. The lowest BCUT2D eigenvalue weighted by Gasteiger charge is -2.30. The summed E-state index contributed by atoms with van der Waals surface area (Å²) in [7, 11) is 0. The van der Waals surface area contributed by atoms with Crippen molar-refractivity contribution in [1.82, 2.24) is 5.32 Å². The first-order chi connectivity index (χ1) is 10.7. The molecule has 0 radical (unpaired) electrons. The van der Waals surface area contributed by atoms with Gasteiger partial charge in [-0.2, -0.15) is 0 Å². The van der Waals surface area contributed by atoms with Crippen LogP contribution >= 0.6 is 0 Å². The molecule has 1 aromatic rings. The third kappa shape index (κ3) is 4.31. The van der Waals surface area contributed by atoms with E-state index in [2.05, 4.69) is 10.3 Å². The van der Waals surface area contributed by atoms with Gasteiger partial charge in [0, 0.05) is 5.71 Å². The number of esters is 1. The lowest BCUT2D eigenvalue weighted by Crippen LogP contribution is -2.44. The van der Waals surface area contributed by atoms with Crippen LogP contribution in [-0.4, -0.2) is 29.4 Å². The molecule has 6 heteroatoms. The number of hydrogen-bond donors (Lipinski definition) is 2. The van der Waals surface area contributed by atoms with Crippen molar-refractivity contribution < 1.29 is 19.4 Å². The standard InChI is InChI=1S/C17H22N2O4/c1-10-13(15(21)23-9-17(2,3)4)14(19-16(22)18-10)11-6-5-7-12(20)8-11/h5-8,13-14,20H,9H2,1-4H3,(H,19,22). The fourth-order valence-corrected chi connectivity index (χ4v) is 2.40. The van der Waals surface area contributed by atoms with E-state index in [1.165, 1.54) is 12.1 Å². The fraction of sp³-hybridized carbons (Fsp3) is 0.471. The zero-order valence-corrected chi connectivity index (χ0v) is 13.8. The summed E-state index contributed by atoms with van der Waals surface area (Å²) in [6, 6.07) is 5.34. The molecule has 6 nitrogen and oxygen atoms in total. The van der Waals surface area contributed by atoms with Crippen molar-refractivity contribution in [3.05, 3.63) is 29.8 Å². The molecule has 0 fully saturated rings. The highest BCUT2D eigenvalue weighted by molar-refractivity contribution is 6.08. The summed E-state index contributed by atoms with van der Waals surface area (Å²) >= 11 is 0. The number of nitrogens with one attached hydrogen (secondary N) is 1. The number of ether oxygens (including phenoxy) is 1. The Hall–Kier alpha value is -2.37. The Kier molecular flexibility index (Phi) is 4.73. The van der Waals surface area contributed by atoms with E-state index in [4.69, 9.17) is 4.74 Å². The predicted octanol–water partition coefficient (Wildman–Crippen LogP) is 2.82. The molecular weight excluding hydrogens is 296 g/mol. The second kappa shape index (κ2) is 6.40. The van der Waals surface area contributed by atoms with Gasteiger partial charge in [0.25, 0.3) is 0 Å². The second-order valence-corrected chi connectivity index (χ2v) is 6.92. The predicted molar refractivity (Wildman–Crippen MR) is 86.4 cm³/mol. The quantitative estimate of drug-likeness (QED) is 0.839. The van der Waals surface area contributed by atoms with Crippen molar-refractivity contribution in [2.75, 3.05) is 6.61 Å². The maximum atomic E-state index is 12.5. The van der Waals surface area contributed by atoms with Crippen molar-refractivity contribution in [3.63, 3.8) is 0 Å². The Morgan fingerprint density at radius 3 is 2.70 bits per heavy atom. The van der Waals surface area contributed by atoms with Gasteiger partial charge in [-0.25, -0.2) is 9.79 Å². The summed E-state index contributed by atoms with van der Waals surface area (Å²) in [5.41, 5.74) is 0.880. The number of aliphatic imine (C=N–C) groups is 1. The molecule has 2 rings (SSSR count). The first-order valence-electron chi connectivity index (χ1n) is 7.48. The largest absolute Gasteiger partial charge is 0.508 e. The third-order valence-electron chi connectivity index (χ3n) is 3.47. The Balaban J connectivity index is 2.29. The highest BCUT2D eigenvalue weighted by Crippen LogP contribution is 2.30. The van der Waals surface area contributed by atoms with Gasteiger partial charge < -0.3 is 15.2 Å². The maximum Gasteiger partial charge on any atom is 0.341 e. The topological polar surface area (TPSA) is 88.0 Å². The second-order valence-electron chi connectivity index (χ2n) is 6.92. The molecule has 124 valence electrons. The lowest BCUT2D eigenvalue weighted by molar-refractivity contribution is -0.149. The molecule has 2 atom stereocenters. The van der Waals surface area contributed by atoms with Gasteiger partial charge in [-0.3, -0.25) is 4.79 Å². The molecule has 1 aliphatic rings. The molecule has 0 saturated carbocycles. The lowest BCUT2D eigenvalue weighted by atomic mass is 9.88. The number of urea groups is 1. The average molecular weight is 318 g/mol. The van der Waals surface area contributed by atoms with E-state index in [0.29, 0.717) is 11.3 Å². The van der Waals surface area contributed by atoms with E-state index in [0.717, 1.165) is 0 Å². The monoisotopic (exact) mass is 318 g/mol. The summed E-state index contributed by atoms with van der Waals surface area (Å²) in [5, 5.41) is 12.3. The van der Waals surface area contributed by atoms with E-state index >= 15 is 0 Å². The van der Waals surface area contributed by atoms with Crippen molar-refractivity contribution in [2.24, 2.45) is 16.3 Å². The van der Waals surface area contributed by atoms with Crippen LogP contribution in [0.4, 0.5) is 4.79 Å². The van der Waals surface area contributed by atoms with Crippen molar-refractivity contribution in [1.29, 1.82) is 0 Å². The van der Waals surface area contributed by atoms with E-state index in [9.17, 15) is 14.7 Å². The van der Waals surface area contributed by atoms with Crippen LogP contribution < -0.4 is 5.32 Å². The molecule has 1 heterocycles. The van der Waals surface area contributed by atoms with Crippen molar-refractivity contribution in [2.45, 2.75) is 33.7 Å². The smallest absolute Gasteiger partial charge is 0.341 e. The van der Waals surface area contributed by atoms with Gasteiger partial charge in [-0.15, -0.1) is 0 Å². The van der Waals surface area contributed by atoms with Gasteiger partial charge >= 0.3 is 12.0 Å². The molecule has 0 saturated heterocycles. The minimum Gasteiger partial charge on any atom is -0.508 e. The molecule has 1 aromatic carbocycles. The zero-order valence-electron chi connectivity index (χ0n) is 13.8. The van der Waals surface area contributed by atoms with E-state index in [1.807, 2.05) is 20.8 Å². The minimum absolute atomic E-state index is 0.0683. The Labute approximate surface area is 135 Å². The van der Waals surface area contributed by atoms with Gasteiger partial charge in [-0.05, 0) is 30.0 Å². The number of rotatable bonds is 3. The van der Waals surface area contributed by atoms with Gasteiger partial charge in [0.1, 0.15) is 11.7 Å². The van der Waals surface area contributed by atoms with Crippen LogP contribution in [0.25, 0.3) is 0 Å². The summed E-state index contributed by atoms with van der Waals surface area (Å²) < 4.78 is 5.40. The van der Waals surface area contributed by atoms with Crippen LogP contribution in [0.2, 0.25) is 0 Å². The number of amides is 2. The van der Waals surface area contributed by atoms with E-state index < -0.39 is 24.0 Å². The van der Waals surface area contributed by atoms with Gasteiger partial charge in [-0.1, -0.05) is 32.9 Å². The van der Waals surface area contributed by atoms with Crippen molar-refractivity contribution >= 4 is 17.7 Å². The van der Waals surface area contributed by atoms with Gasteiger partial charge in [0.2, 0.25) is 0 Å². The van der Waals surface area contributed by atoms with E-state index in [1.54, 1.807) is 19.1 Å².